The summed E-state index contributed by atoms with van der Waals surface area (Å²) in [6.07, 6.45) is 3.17. The molecule has 0 saturated heterocycles. The Kier molecular flexibility index (Phi) is 6.97. The van der Waals surface area contributed by atoms with Crippen molar-refractivity contribution in [3.8, 4) is 0 Å². The quantitative estimate of drug-likeness (QED) is 0.599. The van der Waals surface area contributed by atoms with Crippen LogP contribution in [0.5, 0.6) is 0 Å². The third-order valence-electron chi connectivity index (χ3n) is 3.47. The molecular weight excluding hydrogens is 348 g/mol. The maximum absolute atomic E-state index is 12.0. The van der Waals surface area contributed by atoms with Crippen LogP contribution in [-0.2, 0) is 11.3 Å². The molecular formula is C18H24N6OS. The molecule has 8 heteroatoms. The highest BCUT2D eigenvalue weighted by atomic mass is 32.1. The molecule has 1 aromatic carbocycles. The number of benzene rings is 1. The molecule has 1 aromatic heterocycles. The second kappa shape index (κ2) is 9.19. The van der Waals surface area contributed by atoms with Crippen molar-refractivity contribution in [2.45, 2.75) is 40.2 Å². The van der Waals surface area contributed by atoms with Crippen LogP contribution in [0.15, 0.2) is 30.3 Å². The minimum atomic E-state index is -0.329. The van der Waals surface area contributed by atoms with Crippen molar-refractivity contribution in [3.05, 3.63) is 41.5 Å². The molecule has 2 aromatic rings. The number of nitrogens with zero attached hydrogens (tertiary/aromatic N) is 4. The van der Waals surface area contributed by atoms with E-state index in [-0.39, 0.29) is 17.0 Å². The highest BCUT2D eigenvalue weighted by Crippen LogP contribution is 2.15. The van der Waals surface area contributed by atoms with Crippen LogP contribution in [0.4, 0.5) is 5.95 Å². The number of anilines is 1. The van der Waals surface area contributed by atoms with E-state index in [0.29, 0.717) is 18.4 Å². The Morgan fingerprint density at radius 3 is 2.54 bits per heavy atom. The van der Waals surface area contributed by atoms with Gasteiger partial charge in [-0.3, -0.25) is 15.4 Å². The molecule has 0 unspecified atom stereocenters. The molecule has 7 nitrogen and oxygen atoms in total. The Balaban J connectivity index is 1.84. The maximum atomic E-state index is 12.0. The van der Waals surface area contributed by atoms with Crippen molar-refractivity contribution in [1.29, 1.82) is 0 Å². The molecule has 0 bridgehead atoms. The highest BCUT2D eigenvalue weighted by Gasteiger charge is 2.07. The second-order valence-electron chi connectivity index (χ2n) is 6.66. The predicted molar refractivity (Wildman–Crippen MR) is 107 cm³/mol. The lowest BCUT2D eigenvalue weighted by Crippen LogP contribution is -2.33. The zero-order valence-electron chi connectivity index (χ0n) is 15.4. The number of thiocarbonyl (C=S) groups is 1. The number of hydrogen-bond donors (Lipinski definition) is 2. The molecule has 1 heterocycles. The van der Waals surface area contributed by atoms with Crippen LogP contribution in [0.2, 0.25) is 0 Å². The van der Waals surface area contributed by atoms with E-state index >= 15 is 0 Å². The molecule has 2 N–H and O–H groups in total. The summed E-state index contributed by atoms with van der Waals surface area (Å²) in [5.74, 6) is 0.810. The van der Waals surface area contributed by atoms with Crippen molar-refractivity contribution < 1.29 is 4.79 Å². The highest BCUT2D eigenvalue weighted by molar-refractivity contribution is 7.80. The standard InChI is InChI=1S/C18H24N6OS/c1-12(2)11-24-22-17(21-23-24)20-18(26)19-16(25)10-7-14-5-8-15(9-6-14)13(3)4/h5-10,12-13H,11H2,1-4H3,(H2,19,20,22,25,26)/b10-7+. The number of nitrogens with one attached hydrogen (secondary N) is 2. The summed E-state index contributed by atoms with van der Waals surface area (Å²) in [4.78, 5) is 13.4. The maximum Gasteiger partial charge on any atom is 0.269 e. The van der Waals surface area contributed by atoms with Crippen molar-refractivity contribution in [3.63, 3.8) is 0 Å². The molecule has 0 spiro atoms. The van der Waals surface area contributed by atoms with E-state index in [0.717, 1.165) is 5.56 Å². The van der Waals surface area contributed by atoms with Gasteiger partial charge in [0.1, 0.15) is 0 Å². The Hall–Kier alpha value is -2.61. The van der Waals surface area contributed by atoms with Gasteiger partial charge < -0.3 is 0 Å². The van der Waals surface area contributed by atoms with Gasteiger partial charge in [0.2, 0.25) is 5.91 Å². The Morgan fingerprint density at radius 2 is 1.92 bits per heavy atom. The van der Waals surface area contributed by atoms with Gasteiger partial charge in [0.05, 0.1) is 6.54 Å². The first kappa shape index (κ1) is 19.7. The largest absolute Gasteiger partial charge is 0.299 e. The third-order valence-corrected chi connectivity index (χ3v) is 3.68. The SMILES string of the molecule is CC(C)Cn1nnc(NC(=S)NC(=O)/C=C/c2ccc(C(C)C)cc2)n1. The molecule has 2 rings (SSSR count). The van der Waals surface area contributed by atoms with Crippen molar-refractivity contribution in [2.24, 2.45) is 5.92 Å². The number of aromatic nitrogens is 4. The lowest BCUT2D eigenvalue weighted by atomic mass is 10.0. The molecule has 0 aliphatic heterocycles. The summed E-state index contributed by atoms with van der Waals surface area (Å²) < 4.78 is 0. The summed E-state index contributed by atoms with van der Waals surface area (Å²) in [5, 5.41) is 17.3. The first-order valence-corrected chi connectivity index (χ1v) is 8.92. The molecule has 0 aliphatic rings. The van der Waals surface area contributed by atoms with Gasteiger partial charge in [0.15, 0.2) is 5.11 Å². The lowest BCUT2D eigenvalue weighted by Gasteiger charge is -2.05. The van der Waals surface area contributed by atoms with Crippen molar-refractivity contribution >= 4 is 35.3 Å². The van der Waals surface area contributed by atoms with Gasteiger partial charge in [-0.15, -0.1) is 5.10 Å². The first-order valence-electron chi connectivity index (χ1n) is 8.51. The number of hydrogen-bond acceptors (Lipinski definition) is 5. The summed E-state index contributed by atoms with van der Waals surface area (Å²) in [6.45, 7) is 9.06. The van der Waals surface area contributed by atoms with E-state index in [1.54, 1.807) is 6.08 Å². The molecule has 1 amide bonds. The van der Waals surface area contributed by atoms with Gasteiger partial charge >= 0.3 is 0 Å². The van der Waals surface area contributed by atoms with Crippen LogP contribution in [0.25, 0.3) is 6.08 Å². The monoisotopic (exact) mass is 372 g/mol. The fourth-order valence-electron chi connectivity index (χ4n) is 2.15. The summed E-state index contributed by atoms with van der Waals surface area (Å²) in [7, 11) is 0. The average Bonchev–Trinajstić information content (AvgIpc) is 2.99. The number of carbonyl (C=O) groups excluding carboxylic acids is 1. The zero-order chi connectivity index (χ0) is 19.1. The van der Waals surface area contributed by atoms with Crippen molar-refractivity contribution in [1.82, 2.24) is 25.5 Å². The number of tetrazole rings is 1. The molecule has 26 heavy (non-hydrogen) atoms. The van der Waals surface area contributed by atoms with Gasteiger partial charge in [0.25, 0.3) is 5.95 Å². The van der Waals surface area contributed by atoms with Crippen LogP contribution < -0.4 is 10.6 Å². The molecule has 0 saturated carbocycles. The van der Waals surface area contributed by atoms with E-state index in [1.807, 2.05) is 12.1 Å². The minimum Gasteiger partial charge on any atom is -0.299 e. The summed E-state index contributed by atoms with van der Waals surface area (Å²) >= 11 is 5.09. The van der Waals surface area contributed by atoms with E-state index < -0.39 is 0 Å². The van der Waals surface area contributed by atoms with Crippen LogP contribution >= 0.6 is 12.2 Å². The molecule has 0 fully saturated rings. The minimum absolute atomic E-state index is 0.124. The molecule has 138 valence electrons. The molecule has 0 atom stereocenters. The van der Waals surface area contributed by atoms with Gasteiger partial charge in [-0.25, -0.2) is 0 Å². The van der Waals surface area contributed by atoms with Gasteiger partial charge in [0, 0.05) is 6.08 Å². The van der Waals surface area contributed by atoms with E-state index in [1.165, 1.54) is 16.4 Å². The normalized spacial score (nSPS) is 11.3. The predicted octanol–water partition coefficient (Wildman–Crippen LogP) is 2.98. The smallest absolute Gasteiger partial charge is 0.269 e. The topological polar surface area (TPSA) is 84.7 Å². The van der Waals surface area contributed by atoms with E-state index in [9.17, 15) is 4.79 Å². The molecule has 0 aliphatic carbocycles. The van der Waals surface area contributed by atoms with Crippen LogP contribution in [0.1, 0.15) is 44.7 Å². The van der Waals surface area contributed by atoms with Crippen LogP contribution in [0.3, 0.4) is 0 Å². The Morgan fingerprint density at radius 1 is 1.23 bits per heavy atom. The van der Waals surface area contributed by atoms with Crippen molar-refractivity contribution in [2.75, 3.05) is 5.32 Å². The number of amides is 1. The van der Waals surface area contributed by atoms with Gasteiger partial charge in [-0.2, -0.15) is 4.80 Å². The lowest BCUT2D eigenvalue weighted by molar-refractivity contribution is -0.115. The van der Waals surface area contributed by atoms with Crippen LogP contribution in [0, 0.1) is 5.92 Å². The Bertz CT molecular complexity index is 779. The molecule has 0 radical (unpaired) electrons. The van der Waals surface area contributed by atoms with E-state index in [2.05, 4.69) is 65.9 Å². The number of carbonyl (C=O) groups is 1. The van der Waals surface area contributed by atoms with E-state index in [4.69, 9.17) is 12.2 Å². The fraction of sp³-hybridized carbons (Fsp3) is 0.389. The second-order valence-corrected chi connectivity index (χ2v) is 7.07. The summed E-state index contributed by atoms with van der Waals surface area (Å²) in [6, 6.07) is 8.07. The summed E-state index contributed by atoms with van der Waals surface area (Å²) in [5.41, 5.74) is 2.21. The number of rotatable bonds is 6. The van der Waals surface area contributed by atoms with Crippen LogP contribution in [-0.4, -0.2) is 31.2 Å². The first-order chi connectivity index (χ1) is 12.3. The van der Waals surface area contributed by atoms with Gasteiger partial charge in [-0.1, -0.05) is 57.1 Å². The average molecular weight is 372 g/mol. The Labute approximate surface area is 158 Å². The van der Waals surface area contributed by atoms with Gasteiger partial charge in [-0.05, 0) is 46.5 Å². The fourth-order valence-corrected chi connectivity index (χ4v) is 2.34. The third kappa shape index (κ3) is 6.36. The zero-order valence-corrected chi connectivity index (χ0v) is 16.2.